The van der Waals surface area contributed by atoms with Crippen molar-refractivity contribution in [1.29, 1.82) is 0 Å². The number of hydrogen-bond donors (Lipinski definition) is 2. The van der Waals surface area contributed by atoms with Crippen LogP contribution in [0.25, 0.3) is 0 Å². The molecule has 0 unspecified atom stereocenters. The zero-order valence-electron chi connectivity index (χ0n) is 12.8. The van der Waals surface area contributed by atoms with Crippen molar-refractivity contribution in [3.05, 3.63) is 17.1 Å². The number of aromatic nitrogens is 2. The zero-order valence-corrected chi connectivity index (χ0v) is 14.5. The number of carbonyl (C=O) groups excluding carboxylic acids is 3. The van der Waals surface area contributed by atoms with Crippen molar-refractivity contribution in [3.63, 3.8) is 0 Å². The Bertz CT molecular complexity index is 786. The number of carbonyl (C=O) groups is 3. The second-order valence-electron chi connectivity index (χ2n) is 5.12. The number of hydrogen-bond acceptors (Lipinski definition) is 9. The summed E-state index contributed by atoms with van der Waals surface area (Å²) in [4.78, 5) is 45.1. The molecule has 0 aromatic carbocycles. The lowest BCUT2D eigenvalue weighted by Crippen LogP contribution is -2.70. The molecule has 1 saturated heterocycles. The van der Waals surface area contributed by atoms with Gasteiger partial charge in [0.1, 0.15) is 17.7 Å². The van der Waals surface area contributed by atoms with Crippen molar-refractivity contribution in [2.75, 3.05) is 18.5 Å². The fourth-order valence-electron chi connectivity index (χ4n) is 2.52. The predicted octanol–water partition coefficient (Wildman–Crippen LogP) is -0.588. The maximum absolute atomic E-state index is 12.4. The Balaban J connectivity index is 1.74. The van der Waals surface area contributed by atoms with E-state index < -0.39 is 11.9 Å². The lowest BCUT2D eigenvalue weighted by molar-refractivity contribution is -0.144. The molecule has 2 aliphatic heterocycles. The van der Waals surface area contributed by atoms with Crippen LogP contribution in [-0.2, 0) is 14.4 Å². The molecular weight excluding hydrogens is 352 g/mol. The van der Waals surface area contributed by atoms with E-state index >= 15 is 0 Å². The Labute approximate surface area is 145 Å². The summed E-state index contributed by atoms with van der Waals surface area (Å²) in [6.07, 6.45) is 0.762. The van der Waals surface area contributed by atoms with Crippen LogP contribution in [0, 0.1) is 0 Å². The lowest BCUT2D eigenvalue weighted by Gasteiger charge is -2.49. The minimum absolute atomic E-state index is 0.0239. The minimum atomic E-state index is -0.668. The van der Waals surface area contributed by atoms with Gasteiger partial charge >= 0.3 is 0 Å². The summed E-state index contributed by atoms with van der Waals surface area (Å²) < 4.78 is 3.96. The number of fused-ring (bicyclic) bond motifs is 1. The highest BCUT2D eigenvalue weighted by Gasteiger charge is 2.51. The fraction of sp³-hybridized carbons (Fsp3) is 0.385. The third-order valence-electron chi connectivity index (χ3n) is 3.80. The molecule has 126 valence electrons. The Hall–Kier alpha value is -2.27. The molecule has 3 N–H and O–H groups in total. The number of nitrogens with one attached hydrogen (secondary N) is 1. The first-order valence-corrected chi connectivity index (χ1v) is 8.77. The van der Waals surface area contributed by atoms with E-state index in [0.717, 1.165) is 17.8 Å². The highest BCUT2D eigenvalue weighted by molar-refractivity contribution is 8.00. The molecule has 0 aliphatic carbocycles. The molecule has 2 atom stereocenters. The molecule has 2 aliphatic rings. The topological polar surface area (TPSA) is 131 Å². The summed E-state index contributed by atoms with van der Waals surface area (Å²) in [6.45, 7) is 1.73. The quantitative estimate of drug-likeness (QED) is 0.414. The van der Waals surface area contributed by atoms with Gasteiger partial charge in [0.05, 0.1) is 0 Å². The van der Waals surface area contributed by atoms with Crippen molar-refractivity contribution < 1.29 is 14.4 Å². The molecule has 3 rings (SSSR count). The van der Waals surface area contributed by atoms with Crippen molar-refractivity contribution in [3.8, 4) is 0 Å². The van der Waals surface area contributed by atoms with E-state index in [9.17, 15) is 14.4 Å². The summed E-state index contributed by atoms with van der Waals surface area (Å²) in [5.41, 5.74) is 6.78. The third kappa shape index (κ3) is 2.59. The van der Waals surface area contributed by atoms with E-state index in [1.54, 1.807) is 6.92 Å². The number of amides is 2. The zero-order chi connectivity index (χ0) is 17.4. The number of aldehydes is 1. The monoisotopic (exact) mass is 366 g/mol. The number of nitrogen functional groups attached to an aromatic ring is 1. The van der Waals surface area contributed by atoms with Crippen LogP contribution in [0.4, 0.5) is 5.13 Å². The van der Waals surface area contributed by atoms with E-state index in [1.165, 1.54) is 23.7 Å². The molecule has 0 spiro atoms. The molecule has 0 saturated carbocycles. The van der Waals surface area contributed by atoms with Crippen LogP contribution in [0.3, 0.4) is 0 Å². The average Bonchev–Trinajstić information content (AvgIpc) is 2.98. The van der Waals surface area contributed by atoms with Gasteiger partial charge in [-0.1, -0.05) is 0 Å². The second-order valence-corrected chi connectivity index (χ2v) is 7.01. The van der Waals surface area contributed by atoms with Gasteiger partial charge in [0.2, 0.25) is 0 Å². The minimum Gasteiger partial charge on any atom is -0.374 e. The summed E-state index contributed by atoms with van der Waals surface area (Å²) in [7, 11) is 1.44. The molecule has 9 nitrogen and oxygen atoms in total. The number of β-lactam (4-membered cyclic amide) rings is 1. The average molecular weight is 366 g/mol. The smallest absolute Gasteiger partial charge is 0.274 e. The molecule has 1 aromatic heterocycles. The van der Waals surface area contributed by atoms with Gasteiger partial charge in [-0.3, -0.25) is 24.3 Å². The number of rotatable bonds is 4. The number of anilines is 1. The Morgan fingerprint density at radius 2 is 2.29 bits per heavy atom. The Kier molecular flexibility index (Phi) is 4.37. The molecule has 2 amide bonds. The Morgan fingerprint density at radius 3 is 2.88 bits per heavy atom. The molecular formula is C13H14N6O3S2. The maximum Gasteiger partial charge on any atom is 0.274 e. The summed E-state index contributed by atoms with van der Waals surface area (Å²) in [6, 6.07) is -0.668. The number of nitrogens with two attached hydrogens (primary N) is 1. The molecule has 24 heavy (non-hydrogen) atoms. The second kappa shape index (κ2) is 6.32. The van der Waals surface area contributed by atoms with Gasteiger partial charge in [0.15, 0.2) is 16.7 Å². The summed E-state index contributed by atoms with van der Waals surface area (Å²) in [5, 5.41) is 2.67. The van der Waals surface area contributed by atoms with Crippen LogP contribution in [-0.4, -0.2) is 62.3 Å². The van der Waals surface area contributed by atoms with Gasteiger partial charge in [-0.25, -0.2) is 0 Å². The first kappa shape index (κ1) is 16.6. The summed E-state index contributed by atoms with van der Waals surface area (Å²) in [5.74, 6) is -0.137. The SMILES string of the molecule is CN=C(C(=O)N[C@@H]1C(=O)N2C(C)=C(C=O)CS[C@H]12)c1nsc(N)n1. The van der Waals surface area contributed by atoms with Gasteiger partial charge in [-0.15, -0.1) is 11.8 Å². The van der Waals surface area contributed by atoms with Crippen LogP contribution < -0.4 is 11.1 Å². The number of nitrogens with zero attached hydrogens (tertiary/aromatic N) is 4. The van der Waals surface area contributed by atoms with Crippen molar-refractivity contribution in [2.45, 2.75) is 18.3 Å². The van der Waals surface area contributed by atoms with E-state index in [0.29, 0.717) is 17.0 Å². The molecule has 0 bridgehead atoms. The maximum atomic E-state index is 12.4. The number of aliphatic imine (C=N–C) groups is 1. The molecule has 3 heterocycles. The van der Waals surface area contributed by atoms with Crippen LogP contribution in [0.15, 0.2) is 16.3 Å². The lowest BCUT2D eigenvalue weighted by atomic mass is 10.0. The van der Waals surface area contributed by atoms with Crippen LogP contribution >= 0.6 is 23.3 Å². The molecule has 11 heteroatoms. The van der Waals surface area contributed by atoms with Crippen molar-refractivity contribution in [2.24, 2.45) is 4.99 Å². The van der Waals surface area contributed by atoms with Crippen molar-refractivity contribution >= 4 is 52.2 Å². The number of allylic oxidation sites excluding steroid dienone is 1. The molecule has 1 fully saturated rings. The van der Waals surface area contributed by atoms with Gasteiger partial charge in [0, 0.05) is 35.6 Å². The van der Waals surface area contributed by atoms with Gasteiger partial charge in [-0.05, 0) is 6.92 Å². The summed E-state index contributed by atoms with van der Waals surface area (Å²) >= 11 is 2.40. The predicted molar refractivity (Wildman–Crippen MR) is 90.6 cm³/mol. The van der Waals surface area contributed by atoms with Crippen LogP contribution in [0.5, 0.6) is 0 Å². The van der Waals surface area contributed by atoms with Crippen LogP contribution in [0.1, 0.15) is 12.7 Å². The highest BCUT2D eigenvalue weighted by atomic mass is 32.2. The number of thioether (sulfide) groups is 1. The van der Waals surface area contributed by atoms with E-state index in [1.807, 2.05) is 0 Å². The fourth-order valence-corrected chi connectivity index (χ4v) is 4.37. The van der Waals surface area contributed by atoms with E-state index in [4.69, 9.17) is 5.73 Å². The largest absolute Gasteiger partial charge is 0.374 e. The van der Waals surface area contributed by atoms with Gasteiger partial charge in [-0.2, -0.15) is 9.36 Å². The van der Waals surface area contributed by atoms with Crippen molar-refractivity contribution in [1.82, 2.24) is 19.6 Å². The molecule has 0 radical (unpaired) electrons. The first-order chi connectivity index (χ1) is 11.5. The normalized spacial score (nSPS) is 23.7. The third-order valence-corrected chi connectivity index (χ3v) is 5.64. The van der Waals surface area contributed by atoms with Gasteiger partial charge < -0.3 is 11.1 Å². The molecule has 1 aromatic rings. The van der Waals surface area contributed by atoms with Gasteiger partial charge in [0.25, 0.3) is 11.8 Å². The Morgan fingerprint density at radius 1 is 1.54 bits per heavy atom. The first-order valence-electron chi connectivity index (χ1n) is 6.94. The highest BCUT2D eigenvalue weighted by Crippen LogP contribution is 2.39. The van der Waals surface area contributed by atoms with E-state index in [-0.39, 0.29) is 27.9 Å². The van der Waals surface area contributed by atoms with Crippen LogP contribution in [0.2, 0.25) is 0 Å². The van der Waals surface area contributed by atoms with E-state index in [2.05, 4.69) is 19.7 Å². The standard InChI is InChI=1S/C13H14N6O3S2/c1-5-6(3-20)4-23-12-8(11(22)19(5)12)16-10(21)7(15-2)9-17-13(14)24-18-9/h3,8,12H,4H2,1-2H3,(H,16,21)(H2,14,17,18)/t8-,12-/m1/s1.